The van der Waals surface area contributed by atoms with Gasteiger partial charge in [-0.2, -0.15) is 0 Å². The highest BCUT2D eigenvalue weighted by Gasteiger charge is 2.16. The van der Waals surface area contributed by atoms with E-state index in [0.717, 1.165) is 24.6 Å². The lowest BCUT2D eigenvalue weighted by Crippen LogP contribution is -2.25. The highest BCUT2D eigenvalue weighted by atomic mass is 35.5. The Morgan fingerprint density at radius 3 is 2.88 bits per heavy atom. The second kappa shape index (κ2) is 8.30. The lowest BCUT2D eigenvalue weighted by molar-refractivity contribution is -0.118. The van der Waals surface area contributed by atoms with E-state index >= 15 is 0 Å². The molecule has 126 valence electrons. The molecule has 0 saturated carbocycles. The van der Waals surface area contributed by atoms with E-state index in [-0.39, 0.29) is 11.7 Å². The van der Waals surface area contributed by atoms with Crippen molar-refractivity contribution >= 4 is 35.1 Å². The third-order valence-electron chi connectivity index (χ3n) is 3.62. The van der Waals surface area contributed by atoms with Crippen molar-refractivity contribution < 1.29 is 4.79 Å². The number of anilines is 1. The van der Waals surface area contributed by atoms with Gasteiger partial charge in [0.25, 0.3) is 0 Å². The van der Waals surface area contributed by atoms with E-state index in [1.54, 1.807) is 12.3 Å². The summed E-state index contributed by atoms with van der Waals surface area (Å²) in [6.07, 6.45) is 4.04. The van der Waals surface area contributed by atoms with Crippen molar-refractivity contribution in [3.8, 4) is 0 Å². The molecule has 2 aromatic heterocycles. The van der Waals surface area contributed by atoms with Crippen LogP contribution in [0.15, 0.2) is 35.6 Å². The van der Waals surface area contributed by atoms with E-state index < -0.39 is 0 Å². The first-order valence-electron chi connectivity index (χ1n) is 7.79. The van der Waals surface area contributed by atoms with Crippen LogP contribution in [0.1, 0.15) is 18.5 Å². The number of halogens is 1. The van der Waals surface area contributed by atoms with Crippen molar-refractivity contribution in [2.24, 2.45) is 0 Å². The van der Waals surface area contributed by atoms with Crippen LogP contribution in [0, 0.1) is 0 Å². The molecule has 1 amide bonds. The summed E-state index contributed by atoms with van der Waals surface area (Å²) < 4.78 is 0. The number of pyridine rings is 1. The third-order valence-corrected chi connectivity index (χ3v) is 4.66. The van der Waals surface area contributed by atoms with E-state index in [1.807, 2.05) is 18.2 Å². The van der Waals surface area contributed by atoms with Gasteiger partial charge >= 0.3 is 0 Å². The smallest absolute Gasteiger partial charge is 0.230 e. The number of carbonyl (C=O) groups excluding carboxylic acids is 1. The van der Waals surface area contributed by atoms with Crippen LogP contribution in [0.5, 0.6) is 0 Å². The second-order valence-corrected chi connectivity index (χ2v) is 6.74. The van der Waals surface area contributed by atoms with Crippen molar-refractivity contribution in [1.29, 1.82) is 0 Å². The van der Waals surface area contributed by atoms with E-state index in [4.69, 9.17) is 11.6 Å². The first-order chi connectivity index (χ1) is 11.7. The molecular weight excluding hydrogens is 346 g/mol. The molecule has 3 rings (SSSR count). The predicted molar refractivity (Wildman–Crippen MR) is 95.3 cm³/mol. The molecule has 1 aliphatic heterocycles. The first kappa shape index (κ1) is 17.0. The van der Waals surface area contributed by atoms with Gasteiger partial charge in [0.05, 0.1) is 18.0 Å². The number of carbonyl (C=O) groups is 1. The molecule has 6 nitrogen and oxygen atoms in total. The van der Waals surface area contributed by atoms with Crippen LogP contribution in [0.25, 0.3) is 0 Å². The van der Waals surface area contributed by atoms with Crippen LogP contribution < -0.4 is 10.2 Å². The maximum Gasteiger partial charge on any atom is 0.230 e. The number of rotatable bonds is 6. The lowest BCUT2D eigenvalue weighted by atomic mass is 10.3. The predicted octanol–water partition coefficient (Wildman–Crippen LogP) is 2.53. The summed E-state index contributed by atoms with van der Waals surface area (Å²) in [6.45, 7) is 2.39. The zero-order chi connectivity index (χ0) is 16.8. The van der Waals surface area contributed by atoms with E-state index in [0.29, 0.717) is 16.9 Å². The molecule has 0 spiro atoms. The molecular formula is C16H18ClN5OS. The zero-order valence-electron chi connectivity index (χ0n) is 13.1. The van der Waals surface area contributed by atoms with Crippen molar-refractivity contribution in [3.05, 3.63) is 41.3 Å². The molecule has 0 atom stereocenters. The SMILES string of the molecule is O=C(CSc1nc(Cl)cc(N2CCCC2)n1)NCc1ccccn1. The van der Waals surface area contributed by atoms with Crippen molar-refractivity contribution in [1.82, 2.24) is 20.3 Å². The molecule has 1 aliphatic rings. The van der Waals surface area contributed by atoms with E-state index in [2.05, 4.69) is 25.2 Å². The summed E-state index contributed by atoms with van der Waals surface area (Å²) in [5, 5.41) is 3.76. The minimum Gasteiger partial charge on any atom is -0.356 e. The fraction of sp³-hybridized carbons (Fsp3) is 0.375. The van der Waals surface area contributed by atoms with Gasteiger partial charge in [0.1, 0.15) is 11.0 Å². The maximum absolute atomic E-state index is 12.0. The first-order valence-corrected chi connectivity index (χ1v) is 9.16. The quantitative estimate of drug-likeness (QED) is 0.483. The van der Waals surface area contributed by atoms with Crippen LogP contribution in [-0.4, -0.2) is 39.7 Å². The monoisotopic (exact) mass is 363 g/mol. The highest BCUT2D eigenvalue weighted by Crippen LogP contribution is 2.24. The molecule has 0 bridgehead atoms. The van der Waals surface area contributed by atoms with Crippen LogP contribution in [0.4, 0.5) is 5.82 Å². The van der Waals surface area contributed by atoms with Crippen LogP contribution in [0.3, 0.4) is 0 Å². The summed E-state index contributed by atoms with van der Waals surface area (Å²) in [7, 11) is 0. The minimum absolute atomic E-state index is 0.0862. The summed E-state index contributed by atoms with van der Waals surface area (Å²) in [5.41, 5.74) is 0.825. The minimum atomic E-state index is -0.0862. The number of amides is 1. The van der Waals surface area contributed by atoms with Gasteiger partial charge in [0, 0.05) is 25.4 Å². The Bertz CT molecular complexity index is 694. The molecule has 0 aromatic carbocycles. The van der Waals surface area contributed by atoms with Crippen LogP contribution in [-0.2, 0) is 11.3 Å². The summed E-state index contributed by atoms with van der Waals surface area (Å²) >= 11 is 7.37. The number of aromatic nitrogens is 3. The average Bonchev–Trinajstić information content (AvgIpc) is 3.13. The largest absolute Gasteiger partial charge is 0.356 e. The number of thioether (sulfide) groups is 1. The van der Waals surface area contributed by atoms with E-state index in [1.165, 1.54) is 24.6 Å². The molecule has 24 heavy (non-hydrogen) atoms. The normalized spacial score (nSPS) is 14.0. The number of nitrogens with one attached hydrogen (secondary N) is 1. The molecule has 3 heterocycles. The van der Waals surface area contributed by atoms with Gasteiger partial charge < -0.3 is 10.2 Å². The topological polar surface area (TPSA) is 71.0 Å². The Balaban J connectivity index is 1.53. The summed E-state index contributed by atoms with van der Waals surface area (Å²) in [6, 6.07) is 7.38. The van der Waals surface area contributed by atoms with Gasteiger partial charge in [-0.05, 0) is 25.0 Å². The Labute approximate surface area is 150 Å². The maximum atomic E-state index is 12.0. The van der Waals surface area contributed by atoms with Gasteiger partial charge in [0.2, 0.25) is 5.91 Å². The Hall–Kier alpha value is -1.86. The van der Waals surface area contributed by atoms with Crippen molar-refractivity contribution in [2.75, 3.05) is 23.7 Å². The van der Waals surface area contributed by atoms with E-state index in [9.17, 15) is 4.79 Å². The van der Waals surface area contributed by atoms with Gasteiger partial charge in [-0.3, -0.25) is 9.78 Å². The fourth-order valence-corrected chi connectivity index (χ4v) is 3.34. The summed E-state index contributed by atoms with van der Waals surface area (Å²) in [4.78, 5) is 27.0. The fourth-order valence-electron chi connectivity index (χ4n) is 2.43. The third kappa shape index (κ3) is 4.82. The molecule has 1 fully saturated rings. The van der Waals surface area contributed by atoms with Gasteiger partial charge in [-0.1, -0.05) is 29.4 Å². The zero-order valence-corrected chi connectivity index (χ0v) is 14.7. The molecule has 2 aromatic rings. The summed E-state index contributed by atoms with van der Waals surface area (Å²) in [5.74, 6) is 0.993. The Morgan fingerprint density at radius 2 is 2.12 bits per heavy atom. The molecule has 0 aliphatic carbocycles. The van der Waals surface area contributed by atoms with Crippen molar-refractivity contribution in [3.63, 3.8) is 0 Å². The standard InChI is InChI=1S/C16H18ClN5OS/c17-13-9-14(22-7-3-4-8-22)21-16(20-13)24-11-15(23)19-10-12-5-1-2-6-18-12/h1-2,5-6,9H,3-4,7-8,10-11H2,(H,19,23). The Kier molecular flexibility index (Phi) is 5.87. The molecule has 1 N–H and O–H groups in total. The highest BCUT2D eigenvalue weighted by molar-refractivity contribution is 7.99. The molecule has 1 saturated heterocycles. The number of hydrogen-bond donors (Lipinski definition) is 1. The Morgan fingerprint density at radius 1 is 1.29 bits per heavy atom. The van der Waals surface area contributed by atoms with Crippen molar-refractivity contribution in [2.45, 2.75) is 24.5 Å². The average molecular weight is 364 g/mol. The number of nitrogens with zero attached hydrogens (tertiary/aromatic N) is 4. The molecule has 8 heteroatoms. The second-order valence-electron chi connectivity index (χ2n) is 5.41. The van der Waals surface area contributed by atoms with Crippen LogP contribution in [0.2, 0.25) is 5.15 Å². The van der Waals surface area contributed by atoms with Gasteiger partial charge in [-0.25, -0.2) is 9.97 Å². The molecule has 0 unspecified atom stereocenters. The van der Waals surface area contributed by atoms with Gasteiger partial charge in [0.15, 0.2) is 5.16 Å². The molecule has 0 radical (unpaired) electrons. The lowest BCUT2D eigenvalue weighted by Gasteiger charge is -2.16. The van der Waals surface area contributed by atoms with Crippen LogP contribution >= 0.6 is 23.4 Å². The van der Waals surface area contributed by atoms with Gasteiger partial charge in [-0.15, -0.1) is 0 Å². The number of hydrogen-bond acceptors (Lipinski definition) is 6.